The number of nitrogen functional groups attached to an aromatic ring is 1. The van der Waals surface area contributed by atoms with Crippen LogP contribution in [0.15, 0.2) is 11.1 Å². The summed E-state index contributed by atoms with van der Waals surface area (Å²) in [6, 6.07) is 1.55. The fourth-order valence-corrected chi connectivity index (χ4v) is 1.29. The molecule has 1 aliphatic heterocycles. The highest BCUT2D eigenvalue weighted by molar-refractivity contribution is 5.90. The van der Waals surface area contributed by atoms with Gasteiger partial charge in [0.2, 0.25) is 0 Å². The number of carboxylic acid groups (broad SMARTS) is 1. The Labute approximate surface area is 85.0 Å². The summed E-state index contributed by atoms with van der Waals surface area (Å²) < 4.78 is 0. The van der Waals surface area contributed by atoms with Crippen LogP contribution in [-0.4, -0.2) is 28.9 Å². The Hall–Kier alpha value is -2.31. The van der Waals surface area contributed by atoms with Gasteiger partial charge in [0.15, 0.2) is 5.82 Å². The van der Waals surface area contributed by atoms with Gasteiger partial charge in [-0.1, -0.05) is 0 Å². The summed E-state index contributed by atoms with van der Waals surface area (Å²) in [6.45, 7) is 0.586. The van der Waals surface area contributed by atoms with Gasteiger partial charge in [0, 0.05) is 12.3 Å². The van der Waals surface area contributed by atoms with Gasteiger partial charge < -0.3 is 16.2 Å². The van der Waals surface area contributed by atoms with Crippen LogP contribution >= 0.6 is 0 Å². The van der Waals surface area contributed by atoms with Gasteiger partial charge in [0.1, 0.15) is 11.5 Å². The van der Waals surface area contributed by atoms with E-state index in [4.69, 9.17) is 10.8 Å². The van der Waals surface area contributed by atoms with Crippen LogP contribution in [-0.2, 0) is 0 Å². The summed E-state index contributed by atoms with van der Waals surface area (Å²) >= 11 is 0. The molecular formula is C8H9N5O2. The molecule has 2 heterocycles. The van der Waals surface area contributed by atoms with E-state index in [-0.39, 0.29) is 11.6 Å². The molecule has 2 rings (SSSR count). The molecule has 1 aromatic rings. The van der Waals surface area contributed by atoms with E-state index in [1.54, 1.807) is 12.3 Å². The first-order chi connectivity index (χ1) is 7.16. The van der Waals surface area contributed by atoms with Crippen LogP contribution in [0.4, 0.5) is 27.8 Å². The molecular weight excluding hydrogens is 198 g/mol. The highest BCUT2D eigenvalue weighted by Crippen LogP contribution is 2.33. The highest BCUT2D eigenvalue weighted by atomic mass is 16.4. The minimum Gasteiger partial charge on any atom is -0.465 e. The van der Waals surface area contributed by atoms with Gasteiger partial charge in [-0.3, -0.25) is 10.3 Å². The molecule has 7 nitrogen and oxygen atoms in total. The normalized spacial score (nSPS) is 12.8. The fourth-order valence-electron chi connectivity index (χ4n) is 1.29. The molecule has 5 N–H and O–H groups in total. The van der Waals surface area contributed by atoms with Crippen molar-refractivity contribution in [2.24, 2.45) is 4.99 Å². The Morgan fingerprint density at radius 3 is 3.20 bits per heavy atom. The summed E-state index contributed by atoms with van der Waals surface area (Å²) in [6.07, 6.45) is 0.492. The van der Waals surface area contributed by atoms with E-state index < -0.39 is 6.09 Å². The first kappa shape index (κ1) is 9.25. The van der Waals surface area contributed by atoms with Gasteiger partial charge in [-0.15, -0.1) is 0 Å². The first-order valence-electron chi connectivity index (χ1n) is 4.23. The van der Waals surface area contributed by atoms with E-state index in [0.29, 0.717) is 17.9 Å². The molecule has 0 unspecified atom stereocenters. The topological polar surface area (TPSA) is 113 Å². The average molecular weight is 207 g/mol. The molecule has 0 bridgehead atoms. The number of hydrogen-bond donors (Lipinski definition) is 4. The molecule has 1 amide bonds. The number of amides is 1. The average Bonchev–Trinajstić information content (AvgIpc) is 2.16. The van der Waals surface area contributed by atoms with Crippen molar-refractivity contribution in [3.8, 4) is 0 Å². The van der Waals surface area contributed by atoms with Crippen LogP contribution in [0.25, 0.3) is 0 Å². The number of rotatable bonds is 1. The van der Waals surface area contributed by atoms with Crippen LogP contribution in [0.3, 0.4) is 0 Å². The predicted octanol–water partition coefficient (Wildman–Crippen LogP) is 0.881. The van der Waals surface area contributed by atoms with Crippen LogP contribution in [0.1, 0.15) is 0 Å². The number of fused-ring (bicyclic) bond motifs is 1. The molecule has 0 radical (unpaired) electrons. The number of anilines is 3. The summed E-state index contributed by atoms with van der Waals surface area (Å²) in [5, 5.41) is 13.7. The molecule has 1 aromatic heterocycles. The third kappa shape index (κ3) is 1.80. The SMILES string of the molecule is Nc1nc(NC(=O)O)cc2c1N=CCN2. The van der Waals surface area contributed by atoms with Crippen molar-refractivity contribution in [3.63, 3.8) is 0 Å². The van der Waals surface area contributed by atoms with Gasteiger partial charge in [-0.25, -0.2) is 9.78 Å². The highest BCUT2D eigenvalue weighted by Gasteiger charge is 2.12. The molecule has 0 atom stereocenters. The molecule has 0 spiro atoms. The minimum atomic E-state index is -1.18. The second-order valence-corrected chi connectivity index (χ2v) is 2.91. The monoisotopic (exact) mass is 207 g/mol. The molecule has 1 aliphatic rings. The zero-order chi connectivity index (χ0) is 10.8. The van der Waals surface area contributed by atoms with Gasteiger partial charge in [-0.05, 0) is 0 Å². The van der Waals surface area contributed by atoms with E-state index in [1.807, 2.05) is 0 Å². The number of aliphatic imine (C=N–C) groups is 1. The second-order valence-electron chi connectivity index (χ2n) is 2.91. The summed E-state index contributed by atoms with van der Waals surface area (Å²) in [4.78, 5) is 18.3. The molecule has 78 valence electrons. The van der Waals surface area contributed by atoms with Crippen LogP contribution in [0.5, 0.6) is 0 Å². The fraction of sp³-hybridized carbons (Fsp3) is 0.125. The number of pyridine rings is 1. The molecule has 15 heavy (non-hydrogen) atoms. The number of nitrogens with two attached hydrogens (primary N) is 1. The summed E-state index contributed by atoms with van der Waals surface area (Å²) in [7, 11) is 0. The maximum atomic E-state index is 10.4. The first-order valence-corrected chi connectivity index (χ1v) is 4.23. The van der Waals surface area contributed by atoms with Crippen LogP contribution < -0.4 is 16.4 Å². The minimum absolute atomic E-state index is 0.184. The number of hydrogen-bond acceptors (Lipinski definition) is 5. The van der Waals surface area contributed by atoms with Crippen molar-refractivity contribution in [2.75, 3.05) is 22.9 Å². The lowest BCUT2D eigenvalue weighted by Gasteiger charge is -2.14. The maximum absolute atomic E-state index is 10.4. The Balaban J connectivity index is 2.41. The number of aromatic nitrogens is 1. The Kier molecular flexibility index (Phi) is 2.13. The zero-order valence-electron chi connectivity index (χ0n) is 7.69. The van der Waals surface area contributed by atoms with Crippen LogP contribution in [0.2, 0.25) is 0 Å². The molecule has 0 aromatic carbocycles. The van der Waals surface area contributed by atoms with Crippen LogP contribution in [0, 0.1) is 0 Å². The lowest BCUT2D eigenvalue weighted by molar-refractivity contribution is 0.209. The van der Waals surface area contributed by atoms with E-state index in [1.165, 1.54) is 0 Å². The van der Waals surface area contributed by atoms with Gasteiger partial charge in [-0.2, -0.15) is 0 Å². The number of carbonyl (C=O) groups is 1. The van der Waals surface area contributed by atoms with Gasteiger partial charge in [0.05, 0.1) is 12.2 Å². The molecule has 0 saturated carbocycles. The van der Waals surface area contributed by atoms with Crippen molar-refractivity contribution in [1.82, 2.24) is 4.98 Å². The predicted molar refractivity (Wildman–Crippen MR) is 56.9 cm³/mol. The molecule has 0 saturated heterocycles. The third-order valence-electron chi connectivity index (χ3n) is 1.86. The van der Waals surface area contributed by atoms with E-state index in [0.717, 1.165) is 0 Å². The largest absolute Gasteiger partial charge is 0.465 e. The third-order valence-corrected chi connectivity index (χ3v) is 1.86. The van der Waals surface area contributed by atoms with Crippen molar-refractivity contribution in [2.45, 2.75) is 0 Å². The number of nitrogens with zero attached hydrogens (tertiary/aromatic N) is 2. The summed E-state index contributed by atoms with van der Waals surface area (Å²) in [5.74, 6) is 0.378. The summed E-state index contributed by atoms with van der Waals surface area (Å²) in [5.41, 5.74) is 6.83. The van der Waals surface area contributed by atoms with Gasteiger partial charge in [0.25, 0.3) is 0 Å². The Morgan fingerprint density at radius 1 is 1.67 bits per heavy atom. The van der Waals surface area contributed by atoms with Gasteiger partial charge >= 0.3 is 6.09 Å². The standard InChI is InChI=1S/C8H9N5O2/c9-7-6-4(10-1-2-11-6)3-5(12-7)13-8(14)15/h2-3,10H,1H2,(H,14,15)(H3,9,12,13). The van der Waals surface area contributed by atoms with E-state index in [9.17, 15) is 4.79 Å². The smallest absolute Gasteiger partial charge is 0.410 e. The van der Waals surface area contributed by atoms with Crippen molar-refractivity contribution in [1.29, 1.82) is 0 Å². The lowest BCUT2D eigenvalue weighted by atomic mass is 10.3. The molecule has 0 aliphatic carbocycles. The Morgan fingerprint density at radius 2 is 2.47 bits per heavy atom. The van der Waals surface area contributed by atoms with Crippen molar-refractivity contribution < 1.29 is 9.90 Å². The van der Waals surface area contributed by atoms with Crippen molar-refractivity contribution in [3.05, 3.63) is 6.07 Å². The van der Waals surface area contributed by atoms with E-state index >= 15 is 0 Å². The number of nitrogens with one attached hydrogen (secondary N) is 2. The maximum Gasteiger partial charge on any atom is 0.410 e. The zero-order valence-corrected chi connectivity index (χ0v) is 7.69. The van der Waals surface area contributed by atoms with E-state index in [2.05, 4.69) is 20.6 Å². The second kappa shape index (κ2) is 3.45. The lowest BCUT2D eigenvalue weighted by Crippen LogP contribution is -2.13. The van der Waals surface area contributed by atoms with Crippen molar-refractivity contribution >= 4 is 35.3 Å². The Bertz CT molecular complexity index is 443. The molecule has 7 heteroatoms. The quantitative estimate of drug-likeness (QED) is 0.546. The molecule has 0 fully saturated rings.